The fourth-order valence-electron chi connectivity index (χ4n) is 3.02. The third kappa shape index (κ3) is 4.70. The van der Waals surface area contributed by atoms with E-state index in [4.69, 9.17) is 10.5 Å². The van der Waals surface area contributed by atoms with Gasteiger partial charge in [-0.25, -0.2) is 0 Å². The molecule has 0 spiro atoms. The van der Waals surface area contributed by atoms with Gasteiger partial charge >= 0.3 is 5.97 Å². The Labute approximate surface area is 133 Å². The molecule has 118 valence electrons. The van der Waals surface area contributed by atoms with Crippen molar-refractivity contribution < 1.29 is 9.53 Å². The van der Waals surface area contributed by atoms with Crippen LogP contribution in [0.25, 0.3) is 0 Å². The normalized spacial score (nSPS) is 22.7. The third-order valence-corrected chi connectivity index (χ3v) is 3.76. The number of hydrogen-bond donors (Lipinski definition) is 1. The molecule has 0 aromatic heterocycles. The summed E-state index contributed by atoms with van der Waals surface area (Å²) in [6.07, 6.45) is 0. The molecule has 1 aliphatic rings. The molecule has 1 saturated heterocycles. The molecule has 4 nitrogen and oxygen atoms in total. The molecule has 0 saturated carbocycles. The van der Waals surface area contributed by atoms with Crippen LogP contribution in [0.15, 0.2) is 30.3 Å². The minimum atomic E-state index is -0.258. The number of ether oxygens (including phenoxy) is 1. The molecule has 2 atom stereocenters. The SMILES string of the molecule is COC(=O)[C@@H]1CN(CC(C)(C)N)C[C@H]1c1ccccc1.Cl. The van der Waals surface area contributed by atoms with Crippen LogP contribution in [0.2, 0.25) is 0 Å². The lowest BCUT2D eigenvalue weighted by molar-refractivity contribution is -0.145. The number of methoxy groups -OCH3 is 1. The Morgan fingerprint density at radius 3 is 2.48 bits per heavy atom. The average molecular weight is 313 g/mol. The molecule has 1 aliphatic heterocycles. The number of likely N-dealkylation sites (tertiary alicyclic amines) is 1. The Kier molecular flexibility index (Phi) is 6.20. The minimum Gasteiger partial charge on any atom is -0.469 e. The predicted octanol–water partition coefficient (Wildman–Crippen LogP) is 2.03. The number of nitrogens with two attached hydrogens (primary N) is 1. The zero-order chi connectivity index (χ0) is 14.8. The second-order valence-electron chi connectivity index (χ2n) is 6.33. The lowest BCUT2D eigenvalue weighted by Gasteiger charge is -2.26. The summed E-state index contributed by atoms with van der Waals surface area (Å²) in [6.45, 7) is 6.37. The predicted molar refractivity (Wildman–Crippen MR) is 86.6 cm³/mol. The van der Waals surface area contributed by atoms with Gasteiger partial charge < -0.3 is 15.4 Å². The molecule has 1 fully saturated rings. The van der Waals surface area contributed by atoms with Gasteiger partial charge in [-0.2, -0.15) is 0 Å². The largest absolute Gasteiger partial charge is 0.469 e. The summed E-state index contributed by atoms with van der Waals surface area (Å²) in [5.74, 6) is -0.0491. The second-order valence-corrected chi connectivity index (χ2v) is 6.33. The van der Waals surface area contributed by atoms with Crippen molar-refractivity contribution in [1.82, 2.24) is 4.90 Å². The van der Waals surface area contributed by atoms with Gasteiger partial charge in [0, 0.05) is 31.1 Å². The third-order valence-electron chi connectivity index (χ3n) is 3.76. The maximum atomic E-state index is 12.0. The summed E-state index contributed by atoms with van der Waals surface area (Å²) in [5.41, 5.74) is 7.03. The van der Waals surface area contributed by atoms with Crippen LogP contribution < -0.4 is 5.73 Å². The molecule has 1 aromatic carbocycles. The summed E-state index contributed by atoms with van der Waals surface area (Å²) >= 11 is 0. The van der Waals surface area contributed by atoms with Gasteiger partial charge in [0.25, 0.3) is 0 Å². The van der Waals surface area contributed by atoms with Crippen molar-refractivity contribution in [1.29, 1.82) is 0 Å². The Hall–Kier alpha value is -1.10. The second kappa shape index (κ2) is 7.25. The van der Waals surface area contributed by atoms with E-state index in [0.717, 1.165) is 13.1 Å². The molecule has 0 unspecified atom stereocenters. The Bertz CT molecular complexity index is 459. The van der Waals surface area contributed by atoms with Gasteiger partial charge in [-0.1, -0.05) is 30.3 Å². The summed E-state index contributed by atoms with van der Waals surface area (Å²) < 4.78 is 4.97. The first-order valence-electron chi connectivity index (χ1n) is 7.05. The molecule has 2 rings (SSSR count). The first kappa shape index (κ1) is 18.0. The summed E-state index contributed by atoms with van der Waals surface area (Å²) in [7, 11) is 1.46. The molecule has 2 N–H and O–H groups in total. The summed E-state index contributed by atoms with van der Waals surface area (Å²) in [4.78, 5) is 14.3. The number of benzene rings is 1. The van der Waals surface area contributed by atoms with E-state index in [1.807, 2.05) is 32.0 Å². The van der Waals surface area contributed by atoms with Crippen LogP contribution in [0.1, 0.15) is 25.3 Å². The monoisotopic (exact) mass is 312 g/mol. The number of esters is 1. The molecule has 0 amide bonds. The maximum Gasteiger partial charge on any atom is 0.310 e. The molecule has 1 aromatic rings. The zero-order valence-electron chi connectivity index (χ0n) is 12.9. The van der Waals surface area contributed by atoms with Gasteiger partial charge in [0.2, 0.25) is 0 Å². The van der Waals surface area contributed by atoms with Crippen LogP contribution in [0.5, 0.6) is 0 Å². The highest BCUT2D eigenvalue weighted by Gasteiger charge is 2.40. The number of carbonyl (C=O) groups excluding carboxylic acids is 1. The van der Waals surface area contributed by atoms with E-state index in [9.17, 15) is 4.79 Å². The number of halogens is 1. The van der Waals surface area contributed by atoms with Crippen molar-refractivity contribution >= 4 is 18.4 Å². The quantitative estimate of drug-likeness (QED) is 0.864. The van der Waals surface area contributed by atoms with Gasteiger partial charge in [0.1, 0.15) is 0 Å². The molecule has 0 bridgehead atoms. The van der Waals surface area contributed by atoms with Crippen LogP contribution in [-0.2, 0) is 9.53 Å². The Morgan fingerprint density at radius 1 is 1.33 bits per heavy atom. The van der Waals surface area contributed by atoms with E-state index in [1.165, 1.54) is 12.7 Å². The van der Waals surface area contributed by atoms with Crippen LogP contribution in [0.4, 0.5) is 0 Å². The topological polar surface area (TPSA) is 55.6 Å². The van der Waals surface area contributed by atoms with Crippen molar-refractivity contribution in [2.24, 2.45) is 11.7 Å². The highest BCUT2D eigenvalue weighted by atomic mass is 35.5. The first-order valence-corrected chi connectivity index (χ1v) is 7.05. The van der Waals surface area contributed by atoms with Crippen LogP contribution in [-0.4, -0.2) is 43.2 Å². The van der Waals surface area contributed by atoms with Crippen molar-refractivity contribution in [2.45, 2.75) is 25.3 Å². The van der Waals surface area contributed by atoms with E-state index in [0.29, 0.717) is 6.54 Å². The number of carbonyl (C=O) groups is 1. The minimum absolute atomic E-state index is 0. The Balaban J connectivity index is 0.00000220. The molecular formula is C16H25ClN2O2. The average Bonchev–Trinajstić information content (AvgIpc) is 2.80. The van der Waals surface area contributed by atoms with Gasteiger partial charge in [0.15, 0.2) is 0 Å². The lowest BCUT2D eigenvalue weighted by Crippen LogP contribution is -2.44. The van der Waals surface area contributed by atoms with E-state index in [-0.39, 0.29) is 35.8 Å². The van der Waals surface area contributed by atoms with Gasteiger partial charge in [0.05, 0.1) is 13.0 Å². The van der Waals surface area contributed by atoms with Gasteiger partial charge in [-0.05, 0) is 19.4 Å². The maximum absolute atomic E-state index is 12.0. The molecule has 0 aliphatic carbocycles. The molecule has 1 heterocycles. The van der Waals surface area contributed by atoms with Crippen LogP contribution in [0.3, 0.4) is 0 Å². The number of nitrogens with zero attached hydrogens (tertiary/aromatic N) is 1. The lowest BCUT2D eigenvalue weighted by atomic mass is 9.89. The highest BCUT2D eigenvalue weighted by Crippen LogP contribution is 2.33. The number of rotatable bonds is 4. The summed E-state index contributed by atoms with van der Waals surface area (Å²) in [5, 5.41) is 0. The van der Waals surface area contributed by atoms with Crippen molar-refractivity contribution in [3.05, 3.63) is 35.9 Å². The molecule has 21 heavy (non-hydrogen) atoms. The fraction of sp³-hybridized carbons (Fsp3) is 0.562. The van der Waals surface area contributed by atoms with E-state index >= 15 is 0 Å². The van der Waals surface area contributed by atoms with E-state index < -0.39 is 0 Å². The standard InChI is InChI=1S/C16H24N2O2.ClH/c1-16(2,17)11-18-9-13(12-7-5-4-6-8-12)14(10-18)15(19)20-3;/h4-8,13-14H,9-11,17H2,1-3H3;1H/t13-,14+;/m0./s1. The summed E-state index contributed by atoms with van der Waals surface area (Å²) in [6, 6.07) is 10.2. The van der Waals surface area contributed by atoms with Crippen LogP contribution in [0, 0.1) is 5.92 Å². The molecule has 5 heteroatoms. The number of hydrogen-bond acceptors (Lipinski definition) is 4. The molecule has 0 radical (unpaired) electrons. The van der Waals surface area contributed by atoms with Crippen molar-refractivity contribution in [3.8, 4) is 0 Å². The van der Waals surface area contributed by atoms with Crippen molar-refractivity contribution in [2.75, 3.05) is 26.7 Å². The van der Waals surface area contributed by atoms with Crippen molar-refractivity contribution in [3.63, 3.8) is 0 Å². The zero-order valence-corrected chi connectivity index (χ0v) is 13.7. The fourth-order valence-corrected chi connectivity index (χ4v) is 3.02. The highest BCUT2D eigenvalue weighted by molar-refractivity contribution is 5.85. The van der Waals surface area contributed by atoms with Gasteiger partial charge in [-0.3, -0.25) is 4.79 Å². The van der Waals surface area contributed by atoms with E-state index in [1.54, 1.807) is 0 Å². The molecular weight excluding hydrogens is 288 g/mol. The first-order chi connectivity index (χ1) is 9.40. The van der Waals surface area contributed by atoms with Gasteiger partial charge in [-0.15, -0.1) is 12.4 Å². The Morgan fingerprint density at radius 2 is 1.95 bits per heavy atom. The van der Waals surface area contributed by atoms with E-state index in [2.05, 4.69) is 17.0 Å². The smallest absolute Gasteiger partial charge is 0.310 e. The van der Waals surface area contributed by atoms with Crippen LogP contribution >= 0.6 is 12.4 Å².